The molecule has 2 atom stereocenters. The zero-order chi connectivity index (χ0) is 22.5. The molecule has 0 radical (unpaired) electrons. The second kappa shape index (κ2) is 10.1. The Bertz CT molecular complexity index is 983. The molecule has 0 spiro atoms. The Morgan fingerprint density at radius 3 is 2.52 bits per heavy atom. The number of carbonyl (C=O) groups excluding carboxylic acids is 1. The number of hydrogen-bond donors (Lipinski definition) is 1. The smallest absolute Gasteiger partial charge is 0.257 e. The van der Waals surface area contributed by atoms with E-state index in [9.17, 15) is 13.6 Å². The Morgan fingerprint density at radius 1 is 1.16 bits per heavy atom. The van der Waals surface area contributed by atoms with Crippen molar-refractivity contribution in [1.82, 2.24) is 5.32 Å². The zero-order valence-electron chi connectivity index (χ0n) is 18.7. The Balaban J connectivity index is 1.85. The van der Waals surface area contributed by atoms with E-state index in [2.05, 4.69) is 25.2 Å². The van der Waals surface area contributed by atoms with Crippen molar-refractivity contribution in [3.63, 3.8) is 0 Å². The Morgan fingerprint density at radius 2 is 1.84 bits per heavy atom. The third kappa shape index (κ3) is 5.33. The maximum Gasteiger partial charge on any atom is 0.257 e. The summed E-state index contributed by atoms with van der Waals surface area (Å²) >= 11 is 0. The van der Waals surface area contributed by atoms with E-state index in [4.69, 9.17) is 4.42 Å². The van der Waals surface area contributed by atoms with Gasteiger partial charge in [-0.1, -0.05) is 44.6 Å². The minimum atomic E-state index is -0.869. The summed E-state index contributed by atoms with van der Waals surface area (Å²) in [5.74, 6) is -0.129. The summed E-state index contributed by atoms with van der Waals surface area (Å²) in [4.78, 5) is 12.4. The molecule has 1 heterocycles. The summed E-state index contributed by atoms with van der Waals surface area (Å²) in [5, 5.41) is 2.67. The molecule has 0 aliphatic heterocycles. The van der Waals surface area contributed by atoms with Crippen molar-refractivity contribution in [3.05, 3.63) is 76.3 Å². The van der Waals surface area contributed by atoms with Crippen LogP contribution in [0.15, 0.2) is 40.8 Å². The van der Waals surface area contributed by atoms with Gasteiger partial charge in [0.05, 0.1) is 0 Å². The van der Waals surface area contributed by atoms with Crippen LogP contribution >= 0.6 is 0 Å². The first-order chi connectivity index (χ1) is 14.8. The van der Waals surface area contributed by atoms with Gasteiger partial charge in [-0.25, -0.2) is 8.78 Å². The first-order valence-corrected chi connectivity index (χ1v) is 11.1. The quantitative estimate of drug-likeness (QED) is 0.509. The molecule has 0 saturated heterocycles. The molecule has 3 nitrogen and oxygen atoms in total. The van der Waals surface area contributed by atoms with Crippen molar-refractivity contribution >= 4 is 11.5 Å². The Kier molecular flexibility index (Phi) is 7.47. The fraction of sp³-hybridized carbons (Fsp3) is 0.423. The number of fused-ring (bicyclic) bond motifs is 1. The van der Waals surface area contributed by atoms with Gasteiger partial charge >= 0.3 is 0 Å². The topological polar surface area (TPSA) is 42.2 Å². The number of allylic oxidation sites excluding steroid dienone is 3. The molecule has 2 aromatic rings. The summed E-state index contributed by atoms with van der Waals surface area (Å²) in [7, 11) is 0. The number of furan rings is 1. The second-order valence-electron chi connectivity index (χ2n) is 8.37. The van der Waals surface area contributed by atoms with Crippen molar-refractivity contribution in [2.24, 2.45) is 5.92 Å². The third-order valence-electron chi connectivity index (χ3n) is 5.86. The van der Waals surface area contributed by atoms with Gasteiger partial charge in [0, 0.05) is 23.6 Å². The monoisotopic (exact) mass is 427 g/mol. The van der Waals surface area contributed by atoms with E-state index in [1.54, 1.807) is 6.92 Å². The molecule has 3 rings (SSSR count). The molecule has 1 N–H and O–H groups in total. The second-order valence-corrected chi connectivity index (χ2v) is 8.37. The number of rotatable bonds is 7. The minimum absolute atomic E-state index is 0.380. The normalized spacial score (nSPS) is 16.3. The van der Waals surface area contributed by atoms with E-state index in [0.29, 0.717) is 5.92 Å². The molecule has 166 valence electrons. The fourth-order valence-corrected chi connectivity index (χ4v) is 4.02. The van der Waals surface area contributed by atoms with Crippen LogP contribution in [0.3, 0.4) is 0 Å². The first-order valence-electron chi connectivity index (χ1n) is 11.1. The van der Waals surface area contributed by atoms with Gasteiger partial charge in [-0.05, 0) is 56.7 Å². The van der Waals surface area contributed by atoms with Gasteiger partial charge in [0.15, 0.2) is 0 Å². The van der Waals surface area contributed by atoms with Gasteiger partial charge in [0.25, 0.3) is 5.91 Å². The van der Waals surface area contributed by atoms with Crippen LogP contribution in [0.2, 0.25) is 0 Å². The van der Waals surface area contributed by atoms with Crippen molar-refractivity contribution in [2.75, 3.05) is 0 Å². The number of benzene rings is 1. The number of halogens is 2. The molecule has 0 saturated carbocycles. The fourth-order valence-electron chi connectivity index (χ4n) is 4.02. The molecule has 1 aliphatic rings. The van der Waals surface area contributed by atoms with E-state index >= 15 is 0 Å². The maximum absolute atomic E-state index is 13.9. The van der Waals surface area contributed by atoms with E-state index in [0.717, 1.165) is 66.9 Å². The van der Waals surface area contributed by atoms with Crippen LogP contribution in [0.1, 0.15) is 73.0 Å². The molecule has 2 unspecified atom stereocenters. The first kappa shape index (κ1) is 23.0. The van der Waals surface area contributed by atoms with E-state index < -0.39 is 29.1 Å². The largest absolute Gasteiger partial charge is 0.465 e. The van der Waals surface area contributed by atoms with Crippen LogP contribution in [-0.2, 0) is 12.8 Å². The zero-order valence-corrected chi connectivity index (χ0v) is 18.7. The molecule has 0 bridgehead atoms. The SMILES string of the molecule is CCC(C)C=C(C=CC(C)NC(=O)c1c(F)cccc1F)c1c(C)oc2c1CCCC2. The minimum Gasteiger partial charge on any atom is -0.465 e. The van der Waals surface area contributed by atoms with Crippen LogP contribution in [0.4, 0.5) is 8.78 Å². The summed E-state index contributed by atoms with van der Waals surface area (Å²) in [5.41, 5.74) is 2.94. The Labute approximate surface area is 183 Å². The highest BCUT2D eigenvalue weighted by molar-refractivity contribution is 5.95. The van der Waals surface area contributed by atoms with E-state index in [1.165, 1.54) is 11.6 Å². The van der Waals surface area contributed by atoms with Crippen LogP contribution in [0, 0.1) is 24.5 Å². The molecule has 1 amide bonds. The van der Waals surface area contributed by atoms with Crippen molar-refractivity contribution in [3.8, 4) is 0 Å². The van der Waals surface area contributed by atoms with Crippen LogP contribution in [0.5, 0.6) is 0 Å². The number of carbonyl (C=O) groups is 1. The van der Waals surface area contributed by atoms with Gasteiger partial charge in [0.1, 0.15) is 28.7 Å². The Hall–Kier alpha value is -2.69. The van der Waals surface area contributed by atoms with Gasteiger partial charge in [-0.3, -0.25) is 4.79 Å². The lowest BCUT2D eigenvalue weighted by Crippen LogP contribution is -2.32. The lowest BCUT2D eigenvalue weighted by atomic mass is 9.89. The summed E-state index contributed by atoms with van der Waals surface area (Å²) in [6.07, 6.45) is 11.4. The summed E-state index contributed by atoms with van der Waals surface area (Å²) in [6.45, 7) is 8.09. The van der Waals surface area contributed by atoms with Crippen LogP contribution < -0.4 is 5.32 Å². The predicted molar refractivity (Wildman–Crippen MR) is 120 cm³/mol. The average Bonchev–Trinajstić information content (AvgIpc) is 3.06. The lowest BCUT2D eigenvalue weighted by Gasteiger charge is -2.14. The molecule has 5 heteroatoms. The highest BCUT2D eigenvalue weighted by atomic mass is 19.1. The molecule has 31 heavy (non-hydrogen) atoms. The van der Waals surface area contributed by atoms with Gasteiger partial charge in [-0.2, -0.15) is 0 Å². The molecular weight excluding hydrogens is 396 g/mol. The van der Waals surface area contributed by atoms with Crippen molar-refractivity contribution < 1.29 is 18.0 Å². The summed E-state index contributed by atoms with van der Waals surface area (Å²) < 4.78 is 33.9. The third-order valence-corrected chi connectivity index (χ3v) is 5.86. The van der Waals surface area contributed by atoms with Crippen molar-refractivity contribution in [2.45, 2.75) is 65.8 Å². The van der Waals surface area contributed by atoms with Crippen LogP contribution in [0.25, 0.3) is 5.57 Å². The number of hydrogen-bond acceptors (Lipinski definition) is 2. The van der Waals surface area contributed by atoms with Gasteiger partial charge in [-0.15, -0.1) is 0 Å². The summed E-state index contributed by atoms with van der Waals surface area (Å²) in [6, 6.07) is 2.99. The van der Waals surface area contributed by atoms with Crippen molar-refractivity contribution in [1.29, 1.82) is 0 Å². The predicted octanol–water partition coefficient (Wildman–Crippen LogP) is 6.55. The number of amides is 1. The highest BCUT2D eigenvalue weighted by Crippen LogP contribution is 2.35. The van der Waals surface area contributed by atoms with Crippen LogP contribution in [-0.4, -0.2) is 11.9 Å². The van der Waals surface area contributed by atoms with Gasteiger partial charge < -0.3 is 9.73 Å². The molecule has 1 aromatic heterocycles. The number of aryl methyl sites for hydroxylation is 2. The standard InChI is InChI=1S/C26H31F2NO2/c1-5-16(2)15-19(24-18(4)31-23-12-7-6-9-20(23)24)14-13-17(3)29-26(30)25-21(27)10-8-11-22(25)28/h8,10-11,13-17H,5-7,9,12H2,1-4H3,(H,29,30). The lowest BCUT2D eigenvalue weighted by molar-refractivity contribution is 0.0938. The molecular formula is C26H31F2NO2. The molecule has 1 aromatic carbocycles. The van der Waals surface area contributed by atoms with Gasteiger partial charge in [0.2, 0.25) is 0 Å². The number of nitrogens with one attached hydrogen (secondary N) is 1. The average molecular weight is 428 g/mol. The molecule has 1 aliphatic carbocycles. The highest BCUT2D eigenvalue weighted by Gasteiger charge is 2.23. The molecule has 0 fully saturated rings. The van der Waals surface area contributed by atoms with E-state index in [-0.39, 0.29) is 0 Å². The van der Waals surface area contributed by atoms with E-state index in [1.807, 2.05) is 19.1 Å². The maximum atomic E-state index is 13.9.